The van der Waals surface area contributed by atoms with E-state index < -0.39 is 0 Å². The molecular weight excluding hydrogens is 178 g/mol. The van der Waals surface area contributed by atoms with Crippen molar-refractivity contribution >= 4 is 5.97 Å². The quantitative estimate of drug-likeness (QED) is 0.699. The number of carbonyl (C=O) groups is 1. The molecule has 0 aromatic carbocycles. The number of esters is 1. The Morgan fingerprint density at radius 3 is 2.43 bits per heavy atom. The van der Waals surface area contributed by atoms with Crippen LogP contribution in [0.3, 0.4) is 0 Å². The molecule has 1 fully saturated rings. The number of hydrogen-bond acceptors (Lipinski definition) is 3. The van der Waals surface area contributed by atoms with Gasteiger partial charge in [0, 0.05) is 6.54 Å². The molecular formula is C11H21NO2. The zero-order valence-corrected chi connectivity index (χ0v) is 9.54. The van der Waals surface area contributed by atoms with Crippen LogP contribution in [-0.2, 0) is 9.53 Å². The van der Waals surface area contributed by atoms with Gasteiger partial charge in [-0.15, -0.1) is 0 Å². The van der Waals surface area contributed by atoms with Crippen molar-refractivity contribution in [1.82, 2.24) is 5.32 Å². The number of rotatable bonds is 3. The van der Waals surface area contributed by atoms with Crippen LogP contribution in [0.5, 0.6) is 0 Å². The highest BCUT2D eigenvalue weighted by Gasteiger charge is 2.31. The molecule has 0 spiro atoms. The van der Waals surface area contributed by atoms with Gasteiger partial charge in [0.25, 0.3) is 0 Å². The van der Waals surface area contributed by atoms with E-state index in [0.717, 1.165) is 13.1 Å². The summed E-state index contributed by atoms with van der Waals surface area (Å²) in [4.78, 5) is 11.7. The van der Waals surface area contributed by atoms with Gasteiger partial charge in [-0.25, -0.2) is 0 Å². The first-order valence-corrected chi connectivity index (χ1v) is 5.43. The van der Waals surface area contributed by atoms with E-state index in [2.05, 4.69) is 26.1 Å². The molecule has 3 atom stereocenters. The molecule has 1 rings (SSSR count). The first kappa shape index (κ1) is 11.5. The molecule has 82 valence electrons. The van der Waals surface area contributed by atoms with Crippen LogP contribution < -0.4 is 5.32 Å². The lowest BCUT2D eigenvalue weighted by molar-refractivity contribution is -0.155. The number of carbonyl (C=O) groups excluding carboxylic acids is 1. The minimum Gasteiger partial charge on any atom is -0.462 e. The summed E-state index contributed by atoms with van der Waals surface area (Å²) in [5.74, 6) is 0.811. The summed E-state index contributed by atoms with van der Waals surface area (Å²) < 4.78 is 5.39. The van der Waals surface area contributed by atoms with Gasteiger partial charge >= 0.3 is 5.97 Å². The van der Waals surface area contributed by atoms with Gasteiger partial charge in [-0.05, 0) is 25.3 Å². The molecule has 3 heteroatoms. The van der Waals surface area contributed by atoms with Crippen molar-refractivity contribution in [3.8, 4) is 0 Å². The summed E-state index contributed by atoms with van der Waals surface area (Å²) in [6.45, 7) is 9.87. The maximum atomic E-state index is 11.7. The van der Waals surface area contributed by atoms with Crippen LogP contribution in [0.4, 0.5) is 0 Å². The van der Waals surface area contributed by atoms with Crippen molar-refractivity contribution < 1.29 is 9.53 Å². The summed E-state index contributed by atoms with van der Waals surface area (Å²) >= 11 is 0. The van der Waals surface area contributed by atoms with Crippen LogP contribution in [0.15, 0.2) is 0 Å². The molecule has 3 nitrogen and oxygen atoms in total. The van der Waals surface area contributed by atoms with E-state index in [1.54, 1.807) is 0 Å². The molecule has 1 aliphatic heterocycles. The zero-order chi connectivity index (χ0) is 10.7. The second-order valence-corrected chi connectivity index (χ2v) is 4.63. The summed E-state index contributed by atoms with van der Waals surface area (Å²) in [6.07, 6.45) is 0.0234. The molecule has 3 unspecified atom stereocenters. The van der Waals surface area contributed by atoms with Crippen molar-refractivity contribution in [2.45, 2.75) is 33.8 Å². The third-order valence-electron chi connectivity index (χ3n) is 3.06. The maximum absolute atomic E-state index is 11.7. The molecule has 1 saturated heterocycles. The number of nitrogens with one attached hydrogen (secondary N) is 1. The predicted molar refractivity (Wildman–Crippen MR) is 55.9 cm³/mol. The molecule has 0 aromatic rings. The molecule has 0 bridgehead atoms. The lowest BCUT2D eigenvalue weighted by Crippen LogP contribution is -2.29. The molecule has 1 heterocycles. The van der Waals surface area contributed by atoms with Gasteiger partial charge < -0.3 is 10.1 Å². The fraction of sp³-hybridized carbons (Fsp3) is 0.909. The summed E-state index contributed by atoms with van der Waals surface area (Å²) in [6, 6.07) is 0. The monoisotopic (exact) mass is 199 g/mol. The Balaban J connectivity index is 2.41. The summed E-state index contributed by atoms with van der Waals surface area (Å²) in [5.41, 5.74) is 0. The third-order valence-corrected chi connectivity index (χ3v) is 3.06. The standard InChI is InChI=1S/C11H21NO2/c1-7(2)9(4)14-11(13)10-6-12-5-8(10)3/h7-10,12H,5-6H2,1-4H3. The van der Waals surface area contributed by atoms with Crippen molar-refractivity contribution in [2.75, 3.05) is 13.1 Å². The highest BCUT2D eigenvalue weighted by atomic mass is 16.5. The van der Waals surface area contributed by atoms with Gasteiger partial charge in [-0.2, -0.15) is 0 Å². The molecule has 0 radical (unpaired) electrons. The Morgan fingerprint density at radius 2 is 2.00 bits per heavy atom. The first-order valence-electron chi connectivity index (χ1n) is 5.43. The van der Waals surface area contributed by atoms with E-state index in [0.29, 0.717) is 11.8 Å². The van der Waals surface area contributed by atoms with Crippen LogP contribution in [0.1, 0.15) is 27.7 Å². The van der Waals surface area contributed by atoms with Crippen LogP contribution >= 0.6 is 0 Å². The van der Waals surface area contributed by atoms with Crippen molar-refractivity contribution in [3.05, 3.63) is 0 Å². The van der Waals surface area contributed by atoms with Crippen LogP contribution in [0.2, 0.25) is 0 Å². The average Bonchev–Trinajstić information content (AvgIpc) is 2.51. The van der Waals surface area contributed by atoms with E-state index in [9.17, 15) is 4.79 Å². The van der Waals surface area contributed by atoms with E-state index in [4.69, 9.17) is 4.74 Å². The van der Waals surface area contributed by atoms with Gasteiger partial charge in [-0.1, -0.05) is 20.8 Å². The van der Waals surface area contributed by atoms with Gasteiger partial charge in [0.2, 0.25) is 0 Å². The van der Waals surface area contributed by atoms with Gasteiger partial charge in [0.15, 0.2) is 0 Å². The Labute approximate surface area is 86.2 Å². The minimum absolute atomic E-state index is 0.0234. The third kappa shape index (κ3) is 2.71. The van der Waals surface area contributed by atoms with E-state index in [1.165, 1.54) is 0 Å². The molecule has 1 aliphatic rings. The fourth-order valence-electron chi connectivity index (χ4n) is 1.53. The van der Waals surface area contributed by atoms with Crippen molar-refractivity contribution in [1.29, 1.82) is 0 Å². The minimum atomic E-state index is -0.0382. The summed E-state index contributed by atoms with van der Waals surface area (Å²) in [5, 5.41) is 3.20. The molecule has 0 amide bonds. The molecule has 1 N–H and O–H groups in total. The van der Waals surface area contributed by atoms with Crippen LogP contribution in [-0.4, -0.2) is 25.2 Å². The topological polar surface area (TPSA) is 38.3 Å². The fourth-order valence-corrected chi connectivity index (χ4v) is 1.53. The largest absolute Gasteiger partial charge is 0.462 e. The first-order chi connectivity index (χ1) is 6.52. The van der Waals surface area contributed by atoms with Gasteiger partial charge in [0.05, 0.1) is 5.92 Å². The lowest BCUT2D eigenvalue weighted by atomic mass is 9.98. The highest BCUT2D eigenvalue weighted by molar-refractivity contribution is 5.73. The zero-order valence-electron chi connectivity index (χ0n) is 9.54. The van der Waals surface area contributed by atoms with Crippen LogP contribution in [0, 0.1) is 17.8 Å². The van der Waals surface area contributed by atoms with Gasteiger partial charge in [0.1, 0.15) is 6.10 Å². The highest BCUT2D eigenvalue weighted by Crippen LogP contribution is 2.19. The Hall–Kier alpha value is -0.570. The Morgan fingerprint density at radius 1 is 1.36 bits per heavy atom. The van der Waals surface area contributed by atoms with E-state index in [1.807, 2.05) is 6.92 Å². The average molecular weight is 199 g/mol. The molecule has 0 aromatic heterocycles. The lowest BCUT2D eigenvalue weighted by Gasteiger charge is -2.20. The second kappa shape index (κ2) is 4.78. The molecule has 14 heavy (non-hydrogen) atoms. The van der Waals surface area contributed by atoms with Gasteiger partial charge in [-0.3, -0.25) is 4.79 Å². The smallest absolute Gasteiger partial charge is 0.310 e. The Kier molecular flexibility index (Phi) is 3.93. The second-order valence-electron chi connectivity index (χ2n) is 4.63. The van der Waals surface area contributed by atoms with E-state index >= 15 is 0 Å². The normalized spacial score (nSPS) is 29.2. The van der Waals surface area contributed by atoms with Crippen molar-refractivity contribution in [2.24, 2.45) is 17.8 Å². The molecule has 0 saturated carbocycles. The number of hydrogen-bond donors (Lipinski definition) is 1. The molecule has 0 aliphatic carbocycles. The number of ether oxygens (including phenoxy) is 1. The van der Waals surface area contributed by atoms with E-state index in [-0.39, 0.29) is 18.0 Å². The predicted octanol–water partition coefficient (Wildman–Crippen LogP) is 1.43. The summed E-state index contributed by atoms with van der Waals surface area (Å²) in [7, 11) is 0. The SMILES string of the molecule is CC(C)C(C)OC(=O)C1CNCC1C. The maximum Gasteiger partial charge on any atom is 0.310 e. The van der Waals surface area contributed by atoms with Crippen molar-refractivity contribution in [3.63, 3.8) is 0 Å². The Bertz CT molecular complexity index is 203. The van der Waals surface area contributed by atoms with Crippen LogP contribution in [0.25, 0.3) is 0 Å².